The molecule has 0 unspecified atom stereocenters. The summed E-state index contributed by atoms with van der Waals surface area (Å²) in [5.41, 5.74) is 1.46. The summed E-state index contributed by atoms with van der Waals surface area (Å²) >= 11 is 4.07. The van der Waals surface area contributed by atoms with Crippen LogP contribution in [0.2, 0.25) is 0 Å². The summed E-state index contributed by atoms with van der Waals surface area (Å²) in [6.45, 7) is 3.94. The van der Waals surface area contributed by atoms with Gasteiger partial charge in [-0.1, -0.05) is 18.7 Å². The molecule has 0 amide bonds. The Bertz CT molecular complexity index is 725. The molecule has 0 bridgehead atoms. The largest absolute Gasteiger partial charge is 0.508 e. The molecule has 0 atom stereocenters. The maximum atomic E-state index is 11.8. The number of phenols is 1. The van der Waals surface area contributed by atoms with Gasteiger partial charge < -0.3 is 19.3 Å². The standard InChI is InChI=1S/C18H18O5S/c1-12(18(20)21-2)15-4-3-5-17(23-11-24)16(15)10-22-14-8-6-13(19)7-9-14/h3-9,19,24H,1,10-11H2,2H3. The van der Waals surface area contributed by atoms with Gasteiger partial charge >= 0.3 is 5.97 Å². The third kappa shape index (κ3) is 4.23. The van der Waals surface area contributed by atoms with Crippen molar-refractivity contribution in [3.05, 3.63) is 60.2 Å². The van der Waals surface area contributed by atoms with Gasteiger partial charge in [-0.15, -0.1) is 12.6 Å². The second-order valence-electron chi connectivity index (χ2n) is 4.81. The van der Waals surface area contributed by atoms with Crippen molar-refractivity contribution < 1.29 is 24.1 Å². The van der Waals surface area contributed by atoms with E-state index in [2.05, 4.69) is 19.2 Å². The van der Waals surface area contributed by atoms with Crippen LogP contribution in [-0.4, -0.2) is 24.1 Å². The Balaban J connectivity index is 2.31. The number of ether oxygens (including phenoxy) is 3. The third-order valence-corrected chi connectivity index (χ3v) is 3.46. The van der Waals surface area contributed by atoms with Crippen molar-refractivity contribution in [2.24, 2.45) is 0 Å². The van der Waals surface area contributed by atoms with Crippen LogP contribution >= 0.6 is 12.6 Å². The van der Waals surface area contributed by atoms with E-state index in [1.807, 2.05) is 0 Å². The zero-order chi connectivity index (χ0) is 17.5. The van der Waals surface area contributed by atoms with E-state index >= 15 is 0 Å². The van der Waals surface area contributed by atoms with Crippen molar-refractivity contribution in [2.45, 2.75) is 6.61 Å². The molecule has 0 spiro atoms. The lowest BCUT2D eigenvalue weighted by atomic mass is 10.0. The number of esters is 1. The predicted octanol–water partition coefficient (Wildman–Crippen LogP) is 3.42. The summed E-state index contributed by atoms with van der Waals surface area (Å²) in [5, 5.41) is 9.31. The molecule has 0 radical (unpaired) electrons. The van der Waals surface area contributed by atoms with Crippen LogP contribution in [0.3, 0.4) is 0 Å². The molecule has 2 aromatic carbocycles. The number of thiol groups is 1. The molecule has 0 aromatic heterocycles. The van der Waals surface area contributed by atoms with E-state index in [4.69, 9.17) is 14.2 Å². The maximum absolute atomic E-state index is 11.8. The number of hydrogen-bond donors (Lipinski definition) is 2. The third-order valence-electron chi connectivity index (χ3n) is 3.33. The van der Waals surface area contributed by atoms with Crippen LogP contribution in [0.25, 0.3) is 5.57 Å². The van der Waals surface area contributed by atoms with E-state index < -0.39 is 5.97 Å². The average Bonchev–Trinajstić information content (AvgIpc) is 2.60. The van der Waals surface area contributed by atoms with Crippen LogP contribution in [-0.2, 0) is 16.1 Å². The van der Waals surface area contributed by atoms with Crippen LogP contribution in [0.4, 0.5) is 0 Å². The molecule has 0 aliphatic heterocycles. The summed E-state index contributed by atoms with van der Waals surface area (Å²) in [4.78, 5) is 11.8. The Morgan fingerprint density at radius 2 is 1.88 bits per heavy atom. The smallest absolute Gasteiger partial charge is 0.337 e. The van der Waals surface area contributed by atoms with Gasteiger partial charge in [0.15, 0.2) is 0 Å². The van der Waals surface area contributed by atoms with Crippen molar-refractivity contribution in [3.63, 3.8) is 0 Å². The van der Waals surface area contributed by atoms with Crippen molar-refractivity contribution >= 4 is 24.2 Å². The van der Waals surface area contributed by atoms with Crippen molar-refractivity contribution in [1.29, 1.82) is 0 Å². The fraction of sp³-hybridized carbons (Fsp3) is 0.167. The van der Waals surface area contributed by atoms with Crippen molar-refractivity contribution in [2.75, 3.05) is 13.0 Å². The van der Waals surface area contributed by atoms with Gasteiger partial charge in [-0.05, 0) is 35.9 Å². The van der Waals surface area contributed by atoms with Gasteiger partial charge in [0, 0.05) is 5.56 Å². The molecule has 126 valence electrons. The molecular formula is C18H18O5S. The SMILES string of the molecule is C=C(C(=O)OC)c1cccc(OCS)c1COc1ccc(O)cc1. The zero-order valence-electron chi connectivity index (χ0n) is 13.2. The minimum Gasteiger partial charge on any atom is -0.508 e. The van der Waals surface area contributed by atoms with Gasteiger partial charge in [-0.3, -0.25) is 0 Å². The number of aromatic hydroxyl groups is 1. The molecule has 2 aromatic rings. The lowest BCUT2D eigenvalue weighted by Gasteiger charge is -2.16. The summed E-state index contributed by atoms with van der Waals surface area (Å²) in [7, 11) is 1.30. The molecule has 0 saturated carbocycles. The first-order valence-electron chi connectivity index (χ1n) is 7.11. The number of rotatable bonds is 7. The predicted molar refractivity (Wildman–Crippen MR) is 94.4 cm³/mol. The van der Waals surface area contributed by atoms with E-state index in [1.54, 1.807) is 30.3 Å². The van der Waals surface area contributed by atoms with E-state index in [-0.39, 0.29) is 23.9 Å². The van der Waals surface area contributed by atoms with E-state index in [1.165, 1.54) is 19.2 Å². The molecule has 6 heteroatoms. The second-order valence-corrected chi connectivity index (χ2v) is 5.07. The fourth-order valence-electron chi connectivity index (χ4n) is 2.13. The van der Waals surface area contributed by atoms with Gasteiger partial charge in [0.2, 0.25) is 0 Å². The Morgan fingerprint density at radius 3 is 2.50 bits per heavy atom. The van der Waals surface area contributed by atoms with Crippen molar-refractivity contribution in [1.82, 2.24) is 0 Å². The fourth-order valence-corrected chi connectivity index (χ4v) is 2.27. The maximum Gasteiger partial charge on any atom is 0.337 e. The quantitative estimate of drug-likeness (QED) is 0.348. The molecule has 0 saturated heterocycles. The normalized spacial score (nSPS) is 10.1. The molecule has 0 aliphatic rings. The highest BCUT2D eigenvalue weighted by molar-refractivity contribution is 7.80. The molecule has 24 heavy (non-hydrogen) atoms. The molecule has 0 heterocycles. The number of benzene rings is 2. The zero-order valence-corrected chi connectivity index (χ0v) is 14.1. The van der Waals surface area contributed by atoms with Gasteiger partial charge in [0.05, 0.1) is 12.7 Å². The van der Waals surface area contributed by atoms with Crippen LogP contribution in [0, 0.1) is 0 Å². The molecule has 1 N–H and O–H groups in total. The van der Waals surface area contributed by atoms with E-state index in [9.17, 15) is 9.90 Å². The van der Waals surface area contributed by atoms with Gasteiger partial charge in [-0.2, -0.15) is 0 Å². The Labute approximate surface area is 145 Å². The average molecular weight is 346 g/mol. The topological polar surface area (TPSA) is 65.0 Å². The first kappa shape index (κ1) is 17.7. The van der Waals surface area contributed by atoms with Crippen LogP contribution < -0.4 is 9.47 Å². The van der Waals surface area contributed by atoms with Gasteiger partial charge in [-0.25, -0.2) is 4.79 Å². The highest BCUT2D eigenvalue weighted by Gasteiger charge is 2.18. The summed E-state index contributed by atoms with van der Waals surface area (Å²) in [6.07, 6.45) is 0. The lowest BCUT2D eigenvalue weighted by molar-refractivity contribution is -0.133. The number of carbonyl (C=O) groups is 1. The first-order valence-corrected chi connectivity index (χ1v) is 7.75. The monoisotopic (exact) mass is 346 g/mol. The first-order chi connectivity index (χ1) is 11.6. The molecule has 2 rings (SSSR count). The minimum atomic E-state index is -0.524. The molecule has 0 aliphatic carbocycles. The number of methoxy groups -OCH3 is 1. The van der Waals surface area contributed by atoms with Crippen molar-refractivity contribution in [3.8, 4) is 17.2 Å². The van der Waals surface area contributed by atoms with Crippen LogP contribution in [0.15, 0.2) is 49.0 Å². The minimum absolute atomic E-state index is 0.153. The lowest BCUT2D eigenvalue weighted by Crippen LogP contribution is -2.09. The Kier molecular flexibility index (Phi) is 6.14. The van der Waals surface area contributed by atoms with Gasteiger partial charge in [0.25, 0.3) is 0 Å². The number of carbonyl (C=O) groups excluding carboxylic acids is 1. The van der Waals surface area contributed by atoms with E-state index in [0.717, 1.165) is 0 Å². The summed E-state index contributed by atoms with van der Waals surface area (Å²) in [6, 6.07) is 11.6. The molecular weight excluding hydrogens is 328 g/mol. The summed E-state index contributed by atoms with van der Waals surface area (Å²) < 4.78 is 16.0. The second kappa shape index (κ2) is 8.31. The highest BCUT2D eigenvalue weighted by Crippen LogP contribution is 2.29. The Hall–Kier alpha value is -2.60. The van der Waals surface area contributed by atoms with Crippen LogP contribution in [0.5, 0.6) is 17.2 Å². The molecule has 0 fully saturated rings. The number of hydrogen-bond acceptors (Lipinski definition) is 6. The molecule has 5 nitrogen and oxygen atoms in total. The van der Waals surface area contributed by atoms with E-state index in [0.29, 0.717) is 22.6 Å². The Morgan fingerprint density at radius 1 is 1.17 bits per heavy atom. The van der Waals surface area contributed by atoms with Crippen LogP contribution in [0.1, 0.15) is 11.1 Å². The highest BCUT2D eigenvalue weighted by atomic mass is 32.1. The van der Waals surface area contributed by atoms with Gasteiger partial charge in [0.1, 0.15) is 29.8 Å². The summed E-state index contributed by atoms with van der Waals surface area (Å²) in [5.74, 6) is 0.930. The number of phenolic OH excluding ortho intramolecular Hbond substituents is 1.